The summed E-state index contributed by atoms with van der Waals surface area (Å²) in [6, 6.07) is 10.6. The monoisotopic (exact) mass is 241 g/mol. The van der Waals surface area contributed by atoms with E-state index in [0.29, 0.717) is 0 Å². The molecule has 0 bridgehead atoms. The molecule has 0 radical (unpaired) electrons. The fourth-order valence-electron chi connectivity index (χ4n) is 2.71. The van der Waals surface area contributed by atoms with E-state index in [2.05, 4.69) is 47.3 Å². The Morgan fingerprint density at radius 1 is 1.17 bits per heavy atom. The lowest BCUT2D eigenvalue weighted by atomic mass is 10.0. The van der Waals surface area contributed by atoms with Crippen LogP contribution >= 0.6 is 0 Å². The Kier molecular flexibility index (Phi) is 3.15. The predicted octanol–water partition coefficient (Wildman–Crippen LogP) is 2.26. The molecule has 1 N–H and O–H groups in total. The van der Waals surface area contributed by atoms with E-state index in [-0.39, 0.29) is 0 Å². The van der Waals surface area contributed by atoms with Gasteiger partial charge in [-0.3, -0.25) is 4.68 Å². The molecular weight excluding hydrogens is 222 g/mol. The lowest BCUT2D eigenvalue weighted by molar-refractivity contribution is 0.638. The molecule has 0 atom stereocenters. The van der Waals surface area contributed by atoms with Crippen molar-refractivity contribution in [3.63, 3.8) is 0 Å². The second-order valence-electron chi connectivity index (χ2n) is 4.71. The van der Waals surface area contributed by atoms with Crippen LogP contribution in [0.2, 0.25) is 0 Å². The van der Waals surface area contributed by atoms with Crippen LogP contribution in [0.15, 0.2) is 30.3 Å². The number of fused-ring (bicyclic) bond motifs is 1. The highest BCUT2D eigenvalue weighted by Gasteiger charge is 2.19. The van der Waals surface area contributed by atoms with E-state index in [0.717, 1.165) is 32.5 Å². The van der Waals surface area contributed by atoms with Gasteiger partial charge in [0.05, 0.1) is 11.4 Å². The van der Waals surface area contributed by atoms with E-state index in [9.17, 15) is 0 Å². The first-order valence-electron chi connectivity index (χ1n) is 6.75. The van der Waals surface area contributed by atoms with Gasteiger partial charge in [0.15, 0.2) is 0 Å². The lowest BCUT2D eigenvalue weighted by Crippen LogP contribution is -2.17. The van der Waals surface area contributed by atoms with Gasteiger partial charge in [-0.1, -0.05) is 30.3 Å². The first-order valence-corrected chi connectivity index (χ1v) is 6.75. The van der Waals surface area contributed by atoms with Crippen LogP contribution in [-0.2, 0) is 19.4 Å². The Morgan fingerprint density at radius 2 is 1.94 bits per heavy atom. The van der Waals surface area contributed by atoms with Crippen molar-refractivity contribution in [3.05, 3.63) is 41.6 Å². The number of rotatable bonds is 2. The molecule has 0 saturated heterocycles. The van der Waals surface area contributed by atoms with Crippen LogP contribution < -0.4 is 5.32 Å². The maximum atomic E-state index is 4.78. The largest absolute Gasteiger partial charge is 0.316 e. The molecule has 1 aliphatic rings. The molecule has 3 rings (SSSR count). The minimum absolute atomic E-state index is 0.935. The van der Waals surface area contributed by atoms with Gasteiger partial charge in [-0.25, -0.2) is 0 Å². The fourth-order valence-corrected chi connectivity index (χ4v) is 2.71. The summed E-state index contributed by atoms with van der Waals surface area (Å²) < 4.78 is 2.16. The Bertz CT molecular complexity index is 528. The van der Waals surface area contributed by atoms with Crippen molar-refractivity contribution in [1.29, 1.82) is 0 Å². The Labute approximate surface area is 108 Å². The predicted molar refractivity (Wildman–Crippen MR) is 73.6 cm³/mol. The normalized spacial score (nSPS) is 15.2. The summed E-state index contributed by atoms with van der Waals surface area (Å²) in [5.74, 6) is 0. The Hall–Kier alpha value is -1.61. The summed E-state index contributed by atoms with van der Waals surface area (Å²) in [6.07, 6.45) is 2.13. The van der Waals surface area contributed by atoms with Crippen LogP contribution in [0.4, 0.5) is 0 Å². The van der Waals surface area contributed by atoms with Crippen molar-refractivity contribution < 1.29 is 0 Å². The number of nitrogens with zero attached hydrogens (tertiary/aromatic N) is 2. The van der Waals surface area contributed by atoms with Crippen LogP contribution in [0.3, 0.4) is 0 Å². The molecule has 18 heavy (non-hydrogen) atoms. The fraction of sp³-hybridized carbons (Fsp3) is 0.400. The summed E-state index contributed by atoms with van der Waals surface area (Å²) in [4.78, 5) is 0. The van der Waals surface area contributed by atoms with Crippen LogP contribution in [-0.4, -0.2) is 22.9 Å². The number of hydrogen-bond donors (Lipinski definition) is 1. The van der Waals surface area contributed by atoms with Gasteiger partial charge in [0, 0.05) is 30.6 Å². The molecule has 0 saturated carbocycles. The number of hydrogen-bond acceptors (Lipinski definition) is 2. The number of nitrogens with one attached hydrogen (secondary N) is 1. The molecule has 1 aromatic carbocycles. The molecule has 1 aliphatic heterocycles. The summed E-state index contributed by atoms with van der Waals surface area (Å²) in [5.41, 5.74) is 5.32. The lowest BCUT2D eigenvalue weighted by Gasteiger charge is -2.08. The van der Waals surface area contributed by atoms with Gasteiger partial charge in [-0.2, -0.15) is 5.10 Å². The Balaban J connectivity index is 2.15. The van der Waals surface area contributed by atoms with Gasteiger partial charge < -0.3 is 5.32 Å². The van der Waals surface area contributed by atoms with Crippen LogP contribution in [0.25, 0.3) is 11.3 Å². The molecule has 2 aromatic rings. The molecule has 0 spiro atoms. The molecule has 94 valence electrons. The third-order valence-electron chi connectivity index (χ3n) is 3.57. The highest BCUT2D eigenvalue weighted by Crippen LogP contribution is 2.28. The van der Waals surface area contributed by atoms with E-state index in [1.54, 1.807) is 0 Å². The van der Waals surface area contributed by atoms with Crippen LogP contribution in [0.5, 0.6) is 0 Å². The van der Waals surface area contributed by atoms with E-state index >= 15 is 0 Å². The second kappa shape index (κ2) is 4.94. The molecule has 0 amide bonds. The SMILES string of the molecule is CCn1nc2c(c1-c1ccccc1)CCNCC2. The molecule has 3 heteroatoms. The summed E-state index contributed by atoms with van der Waals surface area (Å²) in [5, 5.41) is 8.23. The molecule has 0 aliphatic carbocycles. The van der Waals surface area contributed by atoms with Crippen molar-refractivity contribution >= 4 is 0 Å². The maximum Gasteiger partial charge on any atom is 0.0717 e. The third-order valence-corrected chi connectivity index (χ3v) is 3.57. The standard InChI is InChI=1S/C15H19N3/c1-2-18-15(12-6-4-3-5-7-12)13-8-10-16-11-9-14(13)17-18/h3-7,16H,2,8-11H2,1H3. The second-order valence-corrected chi connectivity index (χ2v) is 4.71. The van der Waals surface area contributed by atoms with Gasteiger partial charge in [-0.15, -0.1) is 0 Å². The number of aryl methyl sites for hydroxylation is 1. The minimum atomic E-state index is 0.935. The van der Waals surface area contributed by atoms with Gasteiger partial charge >= 0.3 is 0 Å². The van der Waals surface area contributed by atoms with Crippen molar-refractivity contribution in [3.8, 4) is 11.3 Å². The average Bonchev–Trinajstić information content (AvgIpc) is 2.62. The smallest absolute Gasteiger partial charge is 0.0717 e. The van der Waals surface area contributed by atoms with Gasteiger partial charge in [0.25, 0.3) is 0 Å². The summed E-state index contributed by atoms with van der Waals surface area (Å²) >= 11 is 0. The zero-order chi connectivity index (χ0) is 12.4. The van der Waals surface area contributed by atoms with Crippen molar-refractivity contribution in [2.75, 3.05) is 13.1 Å². The first kappa shape index (κ1) is 11.5. The first-order chi connectivity index (χ1) is 8.90. The third kappa shape index (κ3) is 1.95. The van der Waals surface area contributed by atoms with E-state index in [4.69, 9.17) is 5.10 Å². The topological polar surface area (TPSA) is 29.9 Å². The highest BCUT2D eigenvalue weighted by atomic mass is 15.3. The summed E-state index contributed by atoms with van der Waals surface area (Å²) in [6.45, 7) is 5.20. The number of benzene rings is 1. The van der Waals surface area contributed by atoms with Crippen LogP contribution in [0.1, 0.15) is 18.2 Å². The van der Waals surface area contributed by atoms with Crippen LogP contribution in [0, 0.1) is 0 Å². The van der Waals surface area contributed by atoms with E-state index in [1.807, 2.05) is 0 Å². The van der Waals surface area contributed by atoms with E-state index < -0.39 is 0 Å². The molecule has 2 heterocycles. The zero-order valence-electron chi connectivity index (χ0n) is 10.8. The maximum absolute atomic E-state index is 4.78. The Morgan fingerprint density at radius 3 is 2.72 bits per heavy atom. The van der Waals surface area contributed by atoms with E-state index in [1.165, 1.54) is 22.5 Å². The summed E-state index contributed by atoms with van der Waals surface area (Å²) in [7, 11) is 0. The molecule has 0 fully saturated rings. The quantitative estimate of drug-likeness (QED) is 0.874. The van der Waals surface area contributed by atoms with Gasteiger partial charge in [-0.05, 0) is 19.9 Å². The molecule has 0 unspecified atom stereocenters. The average molecular weight is 241 g/mol. The zero-order valence-corrected chi connectivity index (χ0v) is 10.8. The van der Waals surface area contributed by atoms with Crippen molar-refractivity contribution in [1.82, 2.24) is 15.1 Å². The van der Waals surface area contributed by atoms with Gasteiger partial charge in [0.1, 0.15) is 0 Å². The molecule has 1 aromatic heterocycles. The van der Waals surface area contributed by atoms with Gasteiger partial charge in [0.2, 0.25) is 0 Å². The molecule has 3 nitrogen and oxygen atoms in total. The molecular formula is C15H19N3. The highest BCUT2D eigenvalue weighted by molar-refractivity contribution is 5.65. The minimum Gasteiger partial charge on any atom is -0.316 e. The number of aromatic nitrogens is 2. The van der Waals surface area contributed by atoms with Crippen molar-refractivity contribution in [2.45, 2.75) is 26.3 Å². The van der Waals surface area contributed by atoms with Crippen molar-refractivity contribution in [2.24, 2.45) is 0 Å².